The van der Waals surface area contributed by atoms with Gasteiger partial charge in [0.25, 0.3) is 0 Å². The summed E-state index contributed by atoms with van der Waals surface area (Å²) in [4.78, 5) is 26.6. The molecule has 82 valence electrons. The fourth-order valence-corrected chi connectivity index (χ4v) is 1.07. The summed E-state index contributed by atoms with van der Waals surface area (Å²) in [5.41, 5.74) is 0. The zero-order valence-electron chi connectivity index (χ0n) is 9.25. The lowest BCUT2D eigenvalue weighted by Gasteiger charge is -2.14. The maximum atomic E-state index is 11.0. The Morgan fingerprint density at radius 2 is 1.79 bits per heavy atom. The smallest absolute Gasteiger partial charge is 0.310 e. The molecule has 0 aliphatic carbocycles. The van der Waals surface area contributed by atoms with Crippen molar-refractivity contribution in [3.8, 4) is 0 Å². The predicted molar refractivity (Wildman–Crippen MR) is 55.1 cm³/mol. The van der Waals surface area contributed by atoms with Crippen LogP contribution in [0.4, 0.5) is 0 Å². The summed E-state index contributed by atoms with van der Waals surface area (Å²) in [6.45, 7) is 7.58. The molecule has 4 nitrogen and oxygen atoms in total. The van der Waals surface area contributed by atoms with E-state index in [2.05, 4.69) is 4.89 Å². The lowest BCUT2D eigenvalue weighted by atomic mass is 10.2. The topological polar surface area (TPSA) is 52.6 Å². The first-order chi connectivity index (χ1) is 6.35. The summed E-state index contributed by atoms with van der Waals surface area (Å²) in [6, 6.07) is 0. The van der Waals surface area contributed by atoms with Crippen molar-refractivity contribution in [2.45, 2.75) is 45.8 Å². The summed E-state index contributed by atoms with van der Waals surface area (Å²) in [5.74, 6) is -0.692. The molecule has 0 rings (SSSR count). The van der Waals surface area contributed by atoms with E-state index in [0.29, 0.717) is 6.42 Å². The highest BCUT2D eigenvalue weighted by molar-refractivity contribution is 6.69. The van der Waals surface area contributed by atoms with Gasteiger partial charge in [0.05, 0.1) is 0 Å². The van der Waals surface area contributed by atoms with Gasteiger partial charge in [0.2, 0.25) is 8.32 Å². The van der Waals surface area contributed by atoms with Gasteiger partial charge >= 0.3 is 5.97 Å². The SMILES string of the molecule is CCCC(=O)CC(=O)OO[Si](C)(C)C. The second-order valence-corrected chi connectivity index (χ2v) is 8.51. The van der Waals surface area contributed by atoms with Crippen molar-refractivity contribution in [3.05, 3.63) is 0 Å². The summed E-state index contributed by atoms with van der Waals surface area (Å²) in [5, 5.41) is 0. The molecule has 0 atom stereocenters. The fourth-order valence-electron chi connectivity index (χ4n) is 0.729. The second-order valence-electron chi connectivity index (χ2n) is 4.12. The Labute approximate surface area is 85.6 Å². The Bertz CT molecular complexity index is 207. The zero-order chi connectivity index (χ0) is 11.2. The van der Waals surface area contributed by atoms with Gasteiger partial charge in [-0.25, -0.2) is 9.37 Å². The quantitative estimate of drug-likeness (QED) is 0.296. The minimum Gasteiger partial charge on any atom is -0.310 e. The largest absolute Gasteiger partial charge is 0.348 e. The second kappa shape index (κ2) is 5.92. The van der Waals surface area contributed by atoms with Crippen LogP contribution in [-0.2, 0) is 19.1 Å². The van der Waals surface area contributed by atoms with Crippen LogP contribution in [0.3, 0.4) is 0 Å². The monoisotopic (exact) mass is 218 g/mol. The van der Waals surface area contributed by atoms with Gasteiger partial charge in [0.15, 0.2) is 0 Å². The van der Waals surface area contributed by atoms with Crippen LogP contribution < -0.4 is 0 Å². The van der Waals surface area contributed by atoms with E-state index < -0.39 is 14.3 Å². The van der Waals surface area contributed by atoms with Gasteiger partial charge in [-0.3, -0.25) is 4.79 Å². The normalized spacial score (nSPS) is 11.1. The van der Waals surface area contributed by atoms with Gasteiger partial charge in [0, 0.05) is 6.42 Å². The average molecular weight is 218 g/mol. The molecule has 0 saturated heterocycles. The molecule has 0 aliphatic rings. The van der Waals surface area contributed by atoms with Crippen LogP contribution in [0.5, 0.6) is 0 Å². The number of carbonyl (C=O) groups excluding carboxylic acids is 2. The molecule has 0 N–H and O–H groups in total. The number of ketones is 1. The molecule has 0 bridgehead atoms. The molecular formula is C9H18O4Si. The van der Waals surface area contributed by atoms with Crippen molar-refractivity contribution in [3.63, 3.8) is 0 Å². The van der Waals surface area contributed by atoms with E-state index in [1.54, 1.807) is 0 Å². The number of rotatable bonds is 6. The number of carbonyl (C=O) groups is 2. The van der Waals surface area contributed by atoms with E-state index in [4.69, 9.17) is 4.58 Å². The number of hydrogen-bond acceptors (Lipinski definition) is 4. The summed E-state index contributed by atoms with van der Waals surface area (Å²) in [6.07, 6.45) is 0.987. The first-order valence-corrected chi connectivity index (χ1v) is 8.16. The first-order valence-electron chi connectivity index (χ1n) is 4.75. The standard InChI is InChI=1S/C9H18O4Si/c1-5-6-8(10)7-9(11)12-13-14(2,3)4/h5-7H2,1-4H3. The number of Topliss-reactive ketones (excluding diaryl/α,β-unsaturated/α-hetero) is 1. The molecule has 0 saturated carbocycles. The first kappa shape index (κ1) is 13.3. The van der Waals surface area contributed by atoms with Crippen LogP contribution in [0.2, 0.25) is 19.6 Å². The molecule has 0 unspecified atom stereocenters. The van der Waals surface area contributed by atoms with Gasteiger partial charge in [-0.2, -0.15) is 0 Å². The summed E-state index contributed by atoms with van der Waals surface area (Å²) >= 11 is 0. The molecule has 0 aliphatic heterocycles. The van der Waals surface area contributed by atoms with Crippen LogP contribution in [0.25, 0.3) is 0 Å². The summed E-state index contributed by atoms with van der Waals surface area (Å²) in [7, 11) is -1.84. The highest BCUT2D eigenvalue weighted by Gasteiger charge is 2.20. The van der Waals surface area contributed by atoms with Crippen LogP contribution >= 0.6 is 0 Å². The third kappa shape index (κ3) is 7.94. The average Bonchev–Trinajstić information content (AvgIpc) is 2.00. The molecule has 5 heteroatoms. The fraction of sp³-hybridized carbons (Fsp3) is 0.778. The molecule has 0 spiro atoms. The molecular weight excluding hydrogens is 200 g/mol. The molecule has 0 aromatic carbocycles. The van der Waals surface area contributed by atoms with Crippen LogP contribution in [0.1, 0.15) is 26.2 Å². The Kier molecular flexibility index (Phi) is 5.64. The Morgan fingerprint density at radius 3 is 2.21 bits per heavy atom. The van der Waals surface area contributed by atoms with E-state index in [1.807, 2.05) is 26.6 Å². The van der Waals surface area contributed by atoms with Crippen molar-refractivity contribution in [2.75, 3.05) is 0 Å². The van der Waals surface area contributed by atoms with Gasteiger partial charge in [0.1, 0.15) is 12.2 Å². The highest BCUT2D eigenvalue weighted by Crippen LogP contribution is 2.04. The van der Waals surface area contributed by atoms with Gasteiger partial charge < -0.3 is 4.89 Å². The van der Waals surface area contributed by atoms with Crippen molar-refractivity contribution >= 4 is 20.1 Å². The predicted octanol–water partition coefficient (Wildman–Crippen LogP) is 2.06. The Morgan fingerprint density at radius 1 is 1.21 bits per heavy atom. The Balaban J connectivity index is 3.71. The van der Waals surface area contributed by atoms with Crippen LogP contribution in [0.15, 0.2) is 0 Å². The third-order valence-electron chi connectivity index (χ3n) is 1.25. The van der Waals surface area contributed by atoms with Crippen molar-refractivity contribution in [1.82, 2.24) is 0 Å². The molecule has 0 amide bonds. The molecule has 0 heterocycles. The highest BCUT2D eigenvalue weighted by atomic mass is 28.4. The Hall–Kier alpha value is -0.683. The number of hydrogen-bond donors (Lipinski definition) is 0. The van der Waals surface area contributed by atoms with Crippen LogP contribution in [0, 0.1) is 0 Å². The lowest BCUT2D eigenvalue weighted by molar-refractivity contribution is -0.219. The van der Waals surface area contributed by atoms with Crippen molar-refractivity contribution in [2.24, 2.45) is 0 Å². The maximum Gasteiger partial charge on any atom is 0.348 e. The van der Waals surface area contributed by atoms with E-state index in [-0.39, 0.29) is 12.2 Å². The van der Waals surface area contributed by atoms with Crippen molar-refractivity contribution < 1.29 is 19.1 Å². The minimum atomic E-state index is -1.84. The van der Waals surface area contributed by atoms with Gasteiger partial charge in [-0.05, 0) is 26.1 Å². The molecule has 14 heavy (non-hydrogen) atoms. The van der Waals surface area contributed by atoms with Crippen molar-refractivity contribution in [1.29, 1.82) is 0 Å². The maximum absolute atomic E-state index is 11.0. The van der Waals surface area contributed by atoms with E-state index in [9.17, 15) is 9.59 Å². The van der Waals surface area contributed by atoms with E-state index in [0.717, 1.165) is 6.42 Å². The van der Waals surface area contributed by atoms with E-state index in [1.165, 1.54) is 0 Å². The van der Waals surface area contributed by atoms with Gasteiger partial charge in [-0.1, -0.05) is 6.92 Å². The lowest BCUT2D eigenvalue weighted by Crippen LogP contribution is -2.27. The zero-order valence-corrected chi connectivity index (χ0v) is 10.3. The van der Waals surface area contributed by atoms with Gasteiger partial charge in [-0.15, -0.1) is 0 Å². The molecule has 0 aromatic rings. The van der Waals surface area contributed by atoms with E-state index >= 15 is 0 Å². The third-order valence-corrected chi connectivity index (χ3v) is 1.84. The molecule has 0 fully saturated rings. The summed E-state index contributed by atoms with van der Waals surface area (Å²) < 4.78 is 4.91. The van der Waals surface area contributed by atoms with Crippen LogP contribution in [-0.4, -0.2) is 20.1 Å². The molecule has 0 radical (unpaired) electrons. The minimum absolute atomic E-state index is 0.100. The molecule has 0 aromatic heterocycles.